The van der Waals surface area contributed by atoms with E-state index in [1.807, 2.05) is 36.1 Å². The zero-order valence-electron chi connectivity index (χ0n) is 14.6. The van der Waals surface area contributed by atoms with Gasteiger partial charge in [0, 0.05) is 38.3 Å². The molecule has 0 bridgehead atoms. The Bertz CT molecular complexity index is 570. The number of hydrogen-bond acceptors (Lipinski definition) is 2. The van der Waals surface area contributed by atoms with Crippen LogP contribution in [0.5, 0.6) is 0 Å². The molecule has 0 unspecified atom stereocenters. The second-order valence-electron chi connectivity index (χ2n) is 7.31. The van der Waals surface area contributed by atoms with Crippen molar-refractivity contribution in [2.75, 3.05) is 32.7 Å². The summed E-state index contributed by atoms with van der Waals surface area (Å²) >= 11 is 0. The van der Waals surface area contributed by atoms with Crippen molar-refractivity contribution in [3.05, 3.63) is 35.4 Å². The summed E-state index contributed by atoms with van der Waals surface area (Å²) in [7, 11) is 0. The van der Waals surface area contributed by atoms with Crippen molar-refractivity contribution >= 4 is 11.9 Å². The van der Waals surface area contributed by atoms with E-state index in [0.717, 1.165) is 11.1 Å². The van der Waals surface area contributed by atoms with Gasteiger partial charge in [0.25, 0.3) is 5.91 Å². The van der Waals surface area contributed by atoms with E-state index in [2.05, 4.69) is 26.1 Å². The molecule has 1 aromatic carbocycles. The fourth-order valence-electron chi connectivity index (χ4n) is 2.55. The molecule has 1 aliphatic rings. The molecule has 1 fully saturated rings. The summed E-state index contributed by atoms with van der Waals surface area (Å²) in [5.41, 5.74) is 1.80. The van der Waals surface area contributed by atoms with E-state index in [9.17, 15) is 9.59 Å². The molecule has 5 heteroatoms. The number of benzene rings is 1. The molecule has 1 aliphatic heterocycles. The topological polar surface area (TPSA) is 52.7 Å². The van der Waals surface area contributed by atoms with E-state index in [0.29, 0.717) is 32.7 Å². The maximum Gasteiger partial charge on any atom is 0.317 e. The number of urea groups is 1. The minimum absolute atomic E-state index is 0.0390. The summed E-state index contributed by atoms with van der Waals surface area (Å²) in [5, 5.41) is 2.96. The standard InChI is InChI=1S/C18H27N3O2/c1-14-7-5-6-8-15(14)16(22)20-9-11-21(12-10-20)17(23)19-13-18(2,3)4/h5-8H,9-13H2,1-4H3,(H,19,23). The van der Waals surface area contributed by atoms with Crippen LogP contribution in [0.15, 0.2) is 24.3 Å². The van der Waals surface area contributed by atoms with Gasteiger partial charge >= 0.3 is 6.03 Å². The molecule has 0 atom stereocenters. The molecule has 23 heavy (non-hydrogen) atoms. The lowest BCUT2D eigenvalue weighted by Crippen LogP contribution is -2.54. The van der Waals surface area contributed by atoms with Gasteiger partial charge < -0.3 is 15.1 Å². The van der Waals surface area contributed by atoms with Crippen molar-refractivity contribution in [3.63, 3.8) is 0 Å². The minimum Gasteiger partial charge on any atom is -0.337 e. The fraction of sp³-hybridized carbons (Fsp3) is 0.556. The zero-order valence-corrected chi connectivity index (χ0v) is 14.6. The van der Waals surface area contributed by atoms with Crippen LogP contribution in [0.2, 0.25) is 0 Å². The number of amides is 3. The lowest BCUT2D eigenvalue weighted by Gasteiger charge is -2.35. The van der Waals surface area contributed by atoms with Crippen LogP contribution in [0.4, 0.5) is 4.79 Å². The van der Waals surface area contributed by atoms with Crippen molar-refractivity contribution in [3.8, 4) is 0 Å². The average molecular weight is 317 g/mol. The van der Waals surface area contributed by atoms with Gasteiger partial charge in [0.05, 0.1) is 0 Å². The summed E-state index contributed by atoms with van der Waals surface area (Å²) in [6.07, 6.45) is 0. The van der Waals surface area contributed by atoms with E-state index < -0.39 is 0 Å². The Morgan fingerprint density at radius 1 is 1.04 bits per heavy atom. The highest BCUT2D eigenvalue weighted by molar-refractivity contribution is 5.95. The first-order valence-electron chi connectivity index (χ1n) is 8.15. The molecule has 1 aromatic rings. The SMILES string of the molecule is Cc1ccccc1C(=O)N1CCN(C(=O)NCC(C)(C)C)CC1. The number of hydrogen-bond donors (Lipinski definition) is 1. The van der Waals surface area contributed by atoms with Gasteiger partial charge in [-0.1, -0.05) is 39.0 Å². The quantitative estimate of drug-likeness (QED) is 0.911. The van der Waals surface area contributed by atoms with Crippen LogP contribution in [0, 0.1) is 12.3 Å². The monoisotopic (exact) mass is 317 g/mol. The highest BCUT2D eigenvalue weighted by Crippen LogP contribution is 2.14. The molecule has 0 spiro atoms. The van der Waals surface area contributed by atoms with Gasteiger partial charge in [0.1, 0.15) is 0 Å². The molecule has 0 radical (unpaired) electrons. The number of carbonyl (C=O) groups excluding carboxylic acids is 2. The van der Waals surface area contributed by atoms with Crippen molar-refractivity contribution in [2.45, 2.75) is 27.7 Å². The van der Waals surface area contributed by atoms with E-state index in [1.54, 1.807) is 4.90 Å². The van der Waals surface area contributed by atoms with Crippen LogP contribution < -0.4 is 5.32 Å². The molecular weight excluding hydrogens is 290 g/mol. The maximum atomic E-state index is 12.6. The molecule has 3 amide bonds. The largest absolute Gasteiger partial charge is 0.337 e. The summed E-state index contributed by atoms with van der Waals surface area (Å²) in [6, 6.07) is 7.59. The molecule has 126 valence electrons. The number of nitrogens with zero attached hydrogens (tertiary/aromatic N) is 2. The summed E-state index contributed by atoms with van der Waals surface area (Å²) < 4.78 is 0. The first-order chi connectivity index (χ1) is 10.8. The van der Waals surface area contributed by atoms with Crippen LogP contribution in [-0.4, -0.2) is 54.5 Å². The van der Waals surface area contributed by atoms with E-state index in [1.165, 1.54) is 0 Å². The Balaban J connectivity index is 1.87. The highest BCUT2D eigenvalue weighted by atomic mass is 16.2. The molecule has 1 saturated heterocycles. The fourth-order valence-corrected chi connectivity index (χ4v) is 2.55. The van der Waals surface area contributed by atoms with Gasteiger partial charge in [-0.05, 0) is 24.0 Å². The van der Waals surface area contributed by atoms with Crippen LogP contribution in [0.1, 0.15) is 36.7 Å². The molecule has 0 aliphatic carbocycles. The van der Waals surface area contributed by atoms with Gasteiger partial charge in [0.15, 0.2) is 0 Å². The van der Waals surface area contributed by atoms with Crippen LogP contribution in [0.25, 0.3) is 0 Å². The third-order valence-corrected chi connectivity index (χ3v) is 4.00. The van der Waals surface area contributed by atoms with Crippen LogP contribution >= 0.6 is 0 Å². The summed E-state index contributed by atoms with van der Waals surface area (Å²) in [4.78, 5) is 28.3. The normalized spacial score (nSPS) is 15.5. The van der Waals surface area contributed by atoms with Crippen molar-refractivity contribution in [2.24, 2.45) is 5.41 Å². The van der Waals surface area contributed by atoms with Gasteiger partial charge in [-0.2, -0.15) is 0 Å². The number of carbonyl (C=O) groups is 2. The predicted molar refractivity (Wildman–Crippen MR) is 91.5 cm³/mol. The Morgan fingerprint density at radius 3 is 2.17 bits per heavy atom. The molecule has 2 rings (SSSR count). The second kappa shape index (κ2) is 7.02. The molecule has 0 aromatic heterocycles. The van der Waals surface area contributed by atoms with Gasteiger partial charge in [-0.3, -0.25) is 4.79 Å². The lowest BCUT2D eigenvalue weighted by molar-refractivity contribution is 0.0663. The van der Waals surface area contributed by atoms with E-state index >= 15 is 0 Å². The lowest BCUT2D eigenvalue weighted by atomic mass is 9.97. The Labute approximate surface area is 138 Å². The van der Waals surface area contributed by atoms with Crippen molar-refractivity contribution in [1.29, 1.82) is 0 Å². The van der Waals surface area contributed by atoms with E-state index in [4.69, 9.17) is 0 Å². The van der Waals surface area contributed by atoms with Gasteiger partial charge in [0.2, 0.25) is 0 Å². The van der Waals surface area contributed by atoms with Crippen molar-refractivity contribution in [1.82, 2.24) is 15.1 Å². The Morgan fingerprint density at radius 2 is 1.61 bits per heavy atom. The van der Waals surface area contributed by atoms with Gasteiger partial charge in [-0.25, -0.2) is 4.79 Å². The predicted octanol–water partition coefficient (Wildman–Crippen LogP) is 2.51. The first kappa shape index (κ1) is 17.3. The smallest absolute Gasteiger partial charge is 0.317 e. The number of piperazine rings is 1. The molecule has 0 saturated carbocycles. The number of aryl methyl sites for hydroxylation is 1. The van der Waals surface area contributed by atoms with Crippen LogP contribution in [-0.2, 0) is 0 Å². The van der Waals surface area contributed by atoms with E-state index in [-0.39, 0.29) is 17.4 Å². The summed E-state index contributed by atoms with van der Waals surface area (Å²) in [5.74, 6) is 0.0536. The Hall–Kier alpha value is -2.04. The first-order valence-corrected chi connectivity index (χ1v) is 8.15. The number of rotatable bonds is 2. The van der Waals surface area contributed by atoms with Crippen molar-refractivity contribution < 1.29 is 9.59 Å². The highest BCUT2D eigenvalue weighted by Gasteiger charge is 2.25. The zero-order chi connectivity index (χ0) is 17.0. The third-order valence-electron chi connectivity index (χ3n) is 4.00. The Kier molecular flexibility index (Phi) is 5.29. The molecule has 1 N–H and O–H groups in total. The molecule has 1 heterocycles. The second-order valence-corrected chi connectivity index (χ2v) is 7.31. The summed E-state index contributed by atoms with van der Waals surface area (Å²) in [6.45, 7) is 11.2. The average Bonchev–Trinajstić information content (AvgIpc) is 2.52. The van der Waals surface area contributed by atoms with Crippen LogP contribution in [0.3, 0.4) is 0 Å². The minimum atomic E-state index is -0.0390. The third kappa shape index (κ3) is 4.71. The van der Waals surface area contributed by atoms with Gasteiger partial charge in [-0.15, -0.1) is 0 Å². The number of nitrogens with one attached hydrogen (secondary N) is 1. The maximum absolute atomic E-state index is 12.6. The molecule has 5 nitrogen and oxygen atoms in total. The molecular formula is C18H27N3O2.